The van der Waals surface area contributed by atoms with Crippen LogP contribution in [0.3, 0.4) is 0 Å². The first-order chi connectivity index (χ1) is 12.5. The number of benzene rings is 1. The first-order valence-electron chi connectivity index (χ1n) is 8.27. The van der Waals surface area contributed by atoms with Gasteiger partial charge in [-0.25, -0.2) is 9.82 Å². The topological polar surface area (TPSA) is 91.3 Å². The van der Waals surface area contributed by atoms with E-state index >= 15 is 0 Å². The number of piperazine rings is 1. The predicted octanol–water partition coefficient (Wildman–Crippen LogP) is 0.385. The lowest BCUT2D eigenvalue weighted by atomic mass is 10.1. The van der Waals surface area contributed by atoms with E-state index in [0.717, 1.165) is 6.07 Å². The highest BCUT2D eigenvalue weighted by atomic mass is 19.1. The van der Waals surface area contributed by atoms with Crippen LogP contribution in [0.5, 0.6) is 5.75 Å². The van der Waals surface area contributed by atoms with E-state index in [1.807, 2.05) is 0 Å². The number of hydrogen-bond acceptors (Lipinski definition) is 5. The van der Waals surface area contributed by atoms with Gasteiger partial charge in [0.2, 0.25) is 5.91 Å². The number of ether oxygens (including phenoxy) is 1. The fraction of sp³-hybridized carbons (Fsp3) is 0.412. The normalized spacial score (nSPS) is 17.5. The summed E-state index contributed by atoms with van der Waals surface area (Å²) in [5.41, 5.74) is 2.78. The lowest BCUT2D eigenvalue weighted by Crippen LogP contribution is -2.52. The van der Waals surface area contributed by atoms with E-state index in [2.05, 4.69) is 10.5 Å². The van der Waals surface area contributed by atoms with E-state index in [1.54, 1.807) is 9.80 Å². The molecule has 2 aliphatic heterocycles. The standard InChI is InChI=1S/C17H19FN4O4/c1-26-14-4-2-11(18)10-12(14)16(24)21-6-8-22(9-7-21)17(25)13-3-5-15(23)20-19-13/h2,4,10H,3,5-9H2,1H3,(H,20,23). The summed E-state index contributed by atoms with van der Waals surface area (Å²) in [5, 5.41) is 3.81. The molecule has 0 aliphatic carbocycles. The van der Waals surface area contributed by atoms with Gasteiger partial charge >= 0.3 is 0 Å². The maximum atomic E-state index is 13.5. The molecule has 0 bridgehead atoms. The van der Waals surface area contributed by atoms with Gasteiger partial charge in [0.05, 0.1) is 12.7 Å². The van der Waals surface area contributed by atoms with Gasteiger partial charge in [-0.05, 0) is 18.2 Å². The van der Waals surface area contributed by atoms with Crippen molar-refractivity contribution in [3.05, 3.63) is 29.6 Å². The summed E-state index contributed by atoms with van der Waals surface area (Å²) in [6, 6.07) is 3.80. The Morgan fingerprint density at radius 1 is 1.12 bits per heavy atom. The molecule has 1 fully saturated rings. The molecule has 1 saturated heterocycles. The Morgan fingerprint density at radius 3 is 2.35 bits per heavy atom. The molecule has 2 aliphatic rings. The third-order valence-electron chi connectivity index (χ3n) is 4.40. The summed E-state index contributed by atoms with van der Waals surface area (Å²) < 4.78 is 18.6. The second-order valence-electron chi connectivity index (χ2n) is 6.02. The summed E-state index contributed by atoms with van der Waals surface area (Å²) >= 11 is 0. The molecule has 138 valence electrons. The van der Waals surface area contributed by atoms with Crippen LogP contribution in [-0.2, 0) is 9.59 Å². The molecule has 0 spiro atoms. The first-order valence-corrected chi connectivity index (χ1v) is 8.27. The maximum Gasteiger partial charge on any atom is 0.270 e. The monoisotopic (exact) mass is 362 g/mol. The van der Waals surface area contributed by atoms with Gasteiger partial charge in [0.25, 0.3) is 11.8 Å². The molecular weight excluding hydrogens is 343 g/mol. The average Bonchev–Trinajstić information content (AvgIpc) is 2.67. The molecule has 1 N–H and O–H groups in total. The Labute approximate surface area is 149 Å². The number of methoxy groups -OCH3 is 1. The lowest BCUT2D eigenvalue weighted by molar-refractivity contribution is -0.126. The molecule has 0 unspecified atom stereocenters. The van der Waals surface area contributed by atoms with Gasteiger partial charge in [-0.2, -0.15) is 5.10 Å². The molecule has 1 aromatic rings. The number of rotatable bonds is 3. The van der Waals surface area contributed by atoms with Crippen molar-refractivity contribution in [2.45, 2.75) is 12.8 Å². The van der Waals surface area contributed by atoms with Crippen molar-refractivity contribution in [3.63, 3.8) is 0 Å². The van der Waals surface area contributed by atoms with Crippen molar-refractivity contribution in [2.24, 2.45) is 5.10 Å². The number of carbonyl (C=O) groups is 3. The average molecular weight is 362 g/mol. The second kappa shape index (κ2) is 7.51. The molecule has 0 saturated carbocycles. The van der Waals surface area contributed by atoms with E-state index in [4.69, 9.17) is 4.74 Å². The lowest BCUT2D eigenvalue weighted by Gasteiger charge is -2.35. The third kappa shape index (κ3) is 3.66. The van der Waals surface area contributed by atoms with Gasteiger partial charge in [0, 0.05) is 39.0 Å². The second-order valence-corrected chi connectivity index (χ2v) is 6.02. The minimum atomic E-state index is -0.514. The summed E-state index contributed by atoms with van der Waals surface area (Å²) in [5.74, 6) is -0.986. The van der Waals surface area contributed by atoms with Crippen LogP contribution in [-0.4, -0.2) is 66.5 Å². The van der Waals surface area contributed by atoms with E-state index < -0.39 is 5.82 Å². The first kappa shape index (κ1) is 17.8. The van der Waals surface area contributed by atoms with Gasteiger partial charge in [-0.15, -0.1) is 0 Å². The fourth-order valence-corrected chi connectivity index (χ4v) is 2.94. The number of nitrogens with zero attached hydrogens (tertiary/aromatic N) is 3. The van der Waals surface area contributed by atoms with Crippen LogP contribution in [0.2, 0.25) is 0 Å². The molecule has 0 aromatic heterocycles. The summed E-state index contributed by atoms with van der Waals surface area (Å²) in [6.07, 6.45) is 0.548. The van der Waals surface area contributed by atoms with Gasteiger partial charge in [0.1, 0.15) is 17.3 Å². The molecule has 1 aromatic carbocycles. The highest BCUT2D eigenvalue weighted by molar-refractivity contribution is 6.39. The highest BCUT2D eigenvalue weighted by Crippen LogP contribution is 2.22. The van der Waals surface area contributed by atoms with Crippen molar-refractivity contribution in [3.8, 4) is 5.75 Å². The zero-order valence-corrected chi connectivity index (χ0v) is 14.3. The SMILES string of the molecule is COc1ccc(F)cc1C(=O)N1CCN(C(=O)C2=NNC(=O)CC2)CC1. The molecule has 3 amide bonds. The Balaban J connectivity index is 1.63. The molecule has 3 rings (SSSR count). The van der Waals surface area contributed by atoms with E-state index in [9.17, 15) is 18.8 Å². The predicted molar refractivity (Wildman–Crippen MR) is 90.2 cm³/mol. The molecule has 0 radical (unpaired) electrons. The molecule has 2 heterocycles. The number of carbonyl (C=O) groups excluding carboxylic acids is 3. The zero-order valence-electron chi connectivity index (χ0n) is 14.3. The Morgan fingerprint density at radius 2 is 1.77 bits per heavy atom. The van der Waals surface area contributed by atoms with Crippen LogP contribution >= 0.6 is 0 Å². The molecule has 26 heavy (non-hydrogen) atoms. The van der Waals surface area contributed by atoms with Crippen LogP contribution in [0.4, 0.5) is 4.39 Å². The minimum Gasteiger partial charge on any atom is -0.496 e. The molecular formula is C17H19FN4O4. The number of amides is 3. The van der Waals surface area contributed by atoms with Gasteiger partial charge in [-0.3, -0.25) is 14.4 Å². The largest absolute Gasteiger partial charge is 0.496 e. The van der Waals surface area contributed by atoms with Gasteiger partial charge in [0.15, 0.2) is 0 Å². The van der Waals surface area contributed by atoms with Crippen LogP contribution in [0.15, 0.2) is 23.3 Å². The Kier molecular flexibility index (Phi) is 5.15. The number of hydrazone groups is 1. The quantitative estimate of drug-likeness (QED) is 0.842. The van der Waals surface area contributed by atoms with Crippen molar-refractivity contribution >= 4 is 23.4 Å². The highest BCUT2D eigenvalue weighted by Gasteiger charge is 2.29. The number of halogens is 1. The van der Waals surface area contributed by atoms with Crippen LogP contribution in [0.25, 0.3) is 0 Å². The van der Waals surface area contributed by atoms with Gasteiger partial charge < -0.3 is 14.5 Å². The van der Waals surface area contributed by atoms with E-state index in [-0.39, 0.29) is 29.7 Å². The molecule has 9 heteroatoms. The molecule has 0 atom stereocenters. The third-order valence-corrected chi connectivity index (χ3v) is 4.40. The van der Waals surface area contributed by atoms with Crippen LogP contribution in [0.1, 0.15) is 23.2 Å². The van der Waals surface area contributed by atoms with Gasteiger partial charge in [-0.1, -0.05) is 0 Å². The Bertz CT molecular complexity index is 772. The van der Waals surface area contributed by atoms with Crippen molar-refractivity contribution in [1.29, 1.82) is 0 Å². The van der Waals surface area contributed by atoms with Crippen LogP contribution < -0.4 is 10.2 Å². The Hall–Kier alpha value is -2.97. The summed E-state index contributed by atoms with van der Waals surface area (Å²) in [7, 11) is 1.42. The van der Waals surface area contributed by atoms with Crippen molar-refractivity contribution in [1.82, 2.24) is 15.2 Å². The fourth-order valence-electron chi connectivity index (χ4n) is 2.94. The number of hydrogen-bond donors (Lipinski definition) is 1. The zero-order chi connectivity index (χ0) is 18.7. The van der Waals surface area contributed by atoms with E-state index in [1.165, 1.54) is 19.2 Å². The molecule has 8 nitrogen and oxygen atoms in total. The summed E-state index contributed by atoms with van der Waals surface area (Å²) in [6.45, 7) is 1.33. The smallest absolute Gasteiger partial charge is 0.270 e. The number of nitrogens with one attached hydrogen (secondary N) is 1. The van der Waals surface area contributed by atoms with E-state index in [0.29, 0.717) is 44.1 Å². The minimum absolute atomic E-state index is 0.159. The maximum absolute atomic E-state index is 13.5. The van der Waals surface area contributed by atoms with Crippen molar-refractivity contribution in [2.75, 3.05) is 33.3 Å². The van der Waals surface area contributed by atoms with Crippen molar-refractivity contribution < 1.29 is 23.5 Å². The summed E-state index contributed by atoms with van der Waals surface area (Å²) in [4.78, 5) is 39.3. The van der Waals surface area contributed by atoms with Crippen LogP contribution in [0, 0.1) is 5.82 Å².